The molecule has 0 saturated heterocycles. The average molecular weight is 497 g/mol. The van der Waals surface area contributed by atoms with Gasteiger partial charge in [-0.05, 0) is 39.5 Å². The molecule has 3 aromatic rings. The van der Waals surface area contributed by atoms with Crippen LogP contribution in [0.2, 0.25) is 36.8 Å². The van der Waals surface area contributed by atoms with Crippen molar-refractivity contribution >= 4 is 37.7 Å². The molecule has 0 unspecified atom stereocenters. The third-order valence-corrected chi connectivity index (χ3v) is 19.4. The third kappa shape index (κ3) is 5.54. The molecule has 184 valence electrons. The molecule has 0 saturated carbocycles. The lowest BCUT2D eigenvalue weighted by atomic mass is 9.94. The van der Waals surface area contributed by atoms with Crippen molar-refractivity contribution in [2.45, 2.75) is 71.4 Å². The van der Waals surface area contributed by atoms with Crippen molar-refractivity contribution in [1.29, 1.82) is 0 Å². The van der Waals surface area contributed by atoms with E-state index in [2.05, 4.69) is 127 Å². The van der Waals surface area contributed by atoms with E-state index in [0.29, 0.717) is 0 Å². The van der Waals surface area contributed by atoms with E-state index in [0.717, 1.165) is 22.3 Å². The van der Waals surface area contributed by atoms with E-state index in [1.807, 2.05) is 0 Å². The zero-order valence-corrected chi connectivity index (χ0v) is 24.9. The molecule has 0 N–H and O–H groups in total. The van der Waals surface area contributed by atoms with E-state index in [4.69, 9.17) is 0 Å². The van der Waals surface area contributed by atoms with Gasteiger partial charge in [-0.2, -0.15) is 0 Å². The van der Waals surface area contributed by atoms with E-state index in [1.165, 1.54) is 41.3 Å². The molecule has 0 bridgehead atoms. The van der Waals surface area contributed by atoms with Gasteiger partial charge in [0.25, 0.3) is 0 Å². The van der Waals surface area contributed by atoms with Crippen molar-refractivity contribution in [2.24, 2.45) is 0 Å². The van der Waals surface area contributed by atoms with Gasteiger partial charge in [-0.15, -0.1) is 0 Å². The Morgan fingerprint density at radius 2 is 0.943 bits per heavy atom. The fraction of sp³-hybridized carbons (Fsp3) is 0.333. The standard InChI is InChI=1S/C33H44Si2/c1-9-34(8,10-2)32-21-17-28(18-22-32)26(6)30-15-14-16-31(25-30)27(7)29-19-23-33(24-20-29)35(11-3,12-4)13-5/h14-25H,6-7,9-13H2,1-5,8H3. The summed E-state index contributed by atoms with van der Waals surface area (Å²) in [4.78, 5) is 0. The molecule has 0 heterocycles. The molecule has 0 aliphatic heterocycles. The molecule has 0 radical (unpaired) electrons. The summed E-state index contributed by atoms with van der Waals surface area (Å²) in [6.45, 7) is 23.2. The maximum absolute atomic E-state index is 4.46. The molecule has 0 amide bonds. The van der Waals surface area contributed by atoms with Crippen LogP contribution in [0.5, 0.6) is 0 Å². The van der Waals surface area contributed by atoms with Crippen molar-refractivity contribution in [3.05, 3.63) is 108 Å². The summed E-state index contributed by atoms with van der Waals surface area (Å²) >= 11 is 0. The molecule has 0 nitrogen and oxygen atoms in total. The Balaban J connectivity index is 1.83. The summed E-state index contributed by atoms with van der Waals surface area (Å²) < 4.78 is 0. The van der Waals surface area contributed by atoms with Gasteiger partial charge in [0.05, 0.1) is 16.1 Å². The lowest BCUT2D eigenvalue weighted by Gasteiger charge is -2.28. The van der Waals surface area contributed by atoms with E-state index >= 15 is 0 Å². The Hall–Kier alpha value is -2.43. The monoisotopic (exact) mass is 496 g/mol. The van der Waals surface area contributed by atoms with Crippen LogP contribution in [0, 0.1) is 0 Å². The Morgan fingerprint density at radius 3 is 1.31 bits per heavy atom. The molecule has 3 rings (SSSR count). The maximum atomic E-state index is 4.46. The molecule has 3 aromatic carbocycles. The van der Waals surface area contributed by atoms with Crippen LogP contribution in [0.25, 0.3) is 11.1 Å². The number of hydrogen-bond donors (Lipinski definition) is 0. The zero-order chi connectivity index (χ0) is 25.6. The Labute approximate surface area is 216 Å². The topological polar surface area (TPSA) is 0 Å². The first-order valence-corrected chi connectivity index (χ1v) is 19.0. The summed E-state index contributed by atoms with van der Waals surface area (Å²) in [5.74, 6) is 0. The molecular formula is C33H44Si2. The third-order valence-electron chi connectivity index (χ3n) is 8.93. The smallest absolute Gasteiger partial charge is 0.0859 e. The summed E-state index contributed by atoms with van der Waals surface area (Å²) in [5.41, 5.74) is 6.87. The molecule has 0 aromatic heterocycles. The van der Waals surface area contributed by atoms with E-state index < -0.39 is 16.1 Å². The Kier molecular flexibility index (Phi) is 8.96. The van der Waals surface area contributed by atoms with Crippen LogP contribution >= 0.6 is 0 Å². The van der Waals surface area contributed by atoms with E-state index in [-0.39, 0.29) is 0 Å². The Morgan fingerprint density at radius 1 is 0.543 bits per heavy atom. The van der Waals surface area contributed by atoms with E-state index in [9.17, 15) is 0 Å². The fourth-order valence-electron chi connectivity index (χ4n) is 5.35. The first-order valence-electron chi connectivity index (χ1n) is 13.5. The van der Waals surface area contributed by atoms with Crippen LogP contribution in [-0.4, -0.2) is 16.1 Å². The van der Waals surface area contributed by atoms with Crippen LogP contribution in [-0.2, 0) is 0 Å². The summed E-state index contributed by atoms with van der Waals surface area (Å²) in [7, 11) is -2.69. The van der Waals surface area contributed by atoms with Crippen molar-refractivity contribution in [1.82, 2.24) is 0 Å². The van der Waals surface area contributed by atoms with Crippen molar-refractivity contribution in [2.75, 3.05) is 0 Å². The highest BCUT2D eigenvalue weighted by molar-refractivity contribution is 6.91. The summed E-state index contributed by atoms with van der Waals surface area (Å²) in [6, 6.07) is 33.7. The van der Waals surface area contributed by atoms with Crippen molar-refractivity contribution in [3.63, 3.8) is 0 Å². The molecular weight excluding hydrogens is 453 g/mol. The molecule has 0 atom stereocenters. The van der Waals surface area contributed by atoms with Gasteiger partial charge in [-0.3, -0.25) is 0 Å². The average Bonchev–Trinajstić information content (AvgIpc) is 2.93. The first kappa shape index (κ1) is 27.2. The largest absolute Gasteiger partial charge is 0.0906 e. The second kappa shape index (κ2) is 11.5. The van der Waals surface area contributed by atoms with Crippen LogP contribution in [0.3, 0.4) is 0 Å². The van der Waals surface area contributed by atoms with Gasteiger partial charge in [0.1, 0.15) is 0 Å². The lowest BCUT2D eigenvalue weighted by Crippen LogP contribution is -2.45. The minimum Gasteiger partial charge on any atom is -0.0906 e. The highest BCUT2D eigenvalue weighted by atomic mass is 28.3. The van der Waals surface area contributed by atoms with Crippen LogP contribution < -0.4 is 10.4 Å². The lowest BCUT2D eigenvalue weighted by molar-refractivity contribution is 1.19. The van der Waals surface area contributed by atoms with Crippen LogP contribution in [0.15, 0.2) is 86.0 Å². The number of hydrogen-bond acceptors (Lipinski definition) is 0. The van der Waals surface area contributed by atoms with Gasteiger partial charge in [0.2, 0.25) is 0 Å². The highest BCUT2D eigenvalue weighted by Crippen LogP contribution is 2.28. The highest BCUT2D eigenvalue weighted by Gasteiger charge is 2.29. The van der Waals surface area contributed by atoms with Crippen molar-refractivity contribution in [3.8, 4) is 0 Å². The van der Waals surface area contributed by atoms with Crippen LogP contribution in [0.1, 0.15) is 56.9 Å². The normalized spacial score (nSPS) is 11.9. The zero-order valence-electron chi connectivity index (χ0n) is 22.9. The van der Waals surface area contributed by atoms with Gasteiger partial charge < -0.3 is 0 Å². The first-order chi connectivity index (χ1) is 16.8. The second-order valence-electron chi connectivity index (χ2n) is 10.3. The van der Waals surface area contributed by atoms with Gasteiger partial charge in [-0.25, -0.2) is 0 Å². The molecule has 0 spiro atoms. The SMILES string of the molecule is C=C(c1ccc([Si](C)(CC)CC)cc1)c1cccc(C(=C)c2ccc([Si](CC)(CC)CC)cc2)c1. The molecule has 0 fully saturated rings. The van der Waals surface area contributed by atoms with Gasteiger partial charge >= 0.3 is 0 Å². The minimum absolute atomic E-state index is 1.07. The van der Waals surface area contributed by atoms with Gasteiger partial charge in [0, 0.05) is 0 Å². The number of rotatable bonds is 11. The Bertz CT molecular complexity index is 1140. The molecule has 2 heteroatoms. The maximum Gasteiger partial charge on any atom is 0.0859 e. The quantitative estimate of drug-likeness (QED) is 0.233. The molecule has 0 aliphatic rings. The predicted molar refractivity (Wildman–Crippen MR) is 165 cm³/mol. The van der Waals surface area contributed by atoms with Crippen LogP contribution in [0.4, 0.5) is 0 Å². The summed E-state index contributed by atoms with van der Waals surface area (Å²) in [5, 5.41) is 3.13. The minimum atomic E-state index is -1.35. The van der Waals surface area contributed by atoms with Crippen molar-refractivity contribution < 1.29 is 0 Å². The second-order valence-corrected chi connectivity index (χ2v) is 20.7. The number of benzene rings is 3. The molecule has 35 heavy (non-hydrogen) atoms. The molecule has 0 aliphatic carbocycles. The fourth-order valence-corrected chi connectivity index (χ4v) is 11.2. The van der Waals surface area contributed by atoms with Gasteiger partial charge in [-0.1, -0.05) is 162 Å². The van der Waals surface area contributed by atoms with E-state index in [1.54, 1.807) is 10.4 Å². The predicted octanol–water partition coefficient (Wildman–Crippen LogP) is 8.85. The van der Waals surface area contributed by atoms with Gasteiger partial charge in [0.15, 0.2) is 0 Å². The summed E-state index contributed by atoms with van der Waals surface area (Å²) in [6.07, 6.45) is 0.